The molecule has 0 amide bonds. The largest absolute Gasteiger partial charge is 0.366 e. The van der Waals surface area contributed by atoms with Gasteiger partial charge in [-0.25, -0.2) is 0 Å². The highest BCUT2D eigenvalue weighted by Crippen LogP contribution is 2.14. The van der Waals surface area contributed by atoms with E-state index >= 15 is 0 Å². The van der Waals surface area contributed by atoms with E-state index in [9.17, 15) is 20.4 Å². The van der Waals surface area contributed by atoms with Crippen LogP contribution in [0.2, 0.25) is 0 Å². The molecule has 0 spiro atoms. The molecule has 0 fully saturated rings. The average molecular weight is 226 g/mol. The van der Waals surface area contributed by atoms with Gasteiger partial charge in [0.15, 0.2) is 11.6 Å². The quantitative estimate of drug-likeness (QED) is 0.552. The van der Waals surface area contributed by atoms with Crippen molar-refractivity contribution in [3.63, 3.8) is 0 Å². The molecule has 0 aliphatic heterocycles. The highest BCUT2D eigenvalue weighted by atomic mass is 16.5. The van der Waals surface area contributed by atoms with Gasteiger partial charge in [-0.2, -0.15) is 0 Å². The van der Waals surface area contributed by atoms with Crippen molar-refractivity contribution < 1.29 is 20.4 Å². The lowest BCUT2D eigenvalue weighted by atomic mass is 10.0. The maximum Gasteiger partial charge on any atom is 0.163 e. The van der Waals surface area contributed by atoms with Crippen LogP contribution >= 0.6 is 0 Å². The standard InChI is InChI=1S/C12H18O4/c1-11(13,14)7-9-3-5-10(6-4-9)8-12(2,15)16/h3-6,13-16H,7-8H2,1-2H3. The summed E-state index contributed by atoms with van der Waals surface area (Å²) in [6, 6.07) is 6.97. The fourth-order valence-corrected chi connectivity index (χ4v) is 1.55. The molecular formula is C12H18O4. The first kappa shape index (κ1) is 13.1. The maximum absolute atomic E-state index is 9.20. The highest BCUT2D eigenvalue weighted by Gasteiger charge is 2.17. The molecule has 1 aromatic carbocycles. The molecule has 16 heavy (non-hydrogen) atoms. The summed E-state index contributed by atoms with van der Waals surface area (Å²) >= 11 is 0. The minimum Gasteiger partial charge on any atom is -0.366 e. The highest BCUT2D eigenvalue weighted by molar-refractivity contribution is 5.24. The Morgan fingerprint density at radius 3 is 1.19 bits per heavy atom. The Kier molecular flexibility index (Phi) is 3.70. The number of hydrogen-bond donors (Lipinski definition) is 4. The number of benzene rings is 1. The summed E-state index contributed by atoms with van der Waals surface area (Å²) in [5.74, 6) is -3.44. The lowest BCUT2D eigenvalue weighted by molar-refractivity contribution is -0.144. The zero-order chi connectivity index (χ0) is 12.4. The predicted molar refractivity (Wildman–Crippen MR) is 59.5 cm³/mol. The van der Waals surface area contributed by atoms with Crippen LogP contribution in [-0.4, -0.2) is 32.0 Å². The molecule has 0 unspecified atom stereocenters. The summed E-state index contributed by atoms with van der Waals surface area (Å²) in [6.07, 6.45) is 0.283. The second kappa shape index (κ2) is 4.51. The van der Waals surface area contributed by atoms with Gasteiger partial charge in [-0.1, -0.05) is 24.3 Å². The van der Waals surface area contributed by atoms with E-state index in [1.165, 1.54) is 13.8 Å². The van der Waals surface area contributed by atoms with Crippen LogP contribution in [0, 0.1) is 0 Å². The van der Waals surface area contributed by atoms with Gasteiger partial charge in [0.05, 0.1) is 0 Å². The van der Waals surface area contributed by atoms with Crippen LogP contribution in [0.4, 0.5) is 0 Å². The van der Waals surface area contributed by atoms with Crippen molar-refractivity contribution in [2.75, 3.05) is 0 Å². The van der Waals surface area contributed by atoms with Crippen LogP contribution in [0.15, 0.2) is 24.3 Å². The Labute approximate surface area is 94.8 Å². The summed E-state index contributed by atoms with van der Waals surface area (Å²) in [6.45, 7) is 2.64. The van der Waals surface area contributed by atoms with Gasteiger partial charge in [0.25, 0.3) is 0 Å². The molecule has 0 saturated heterocycles. The van der Waals surface area contributed by atoms with Gasteiger partial charge in [0.2, 0.25) is 0 Å². The number of hydrogen-bond acceptors (Lipinski definition) is 4. The van der Waals surface area contributed by atoms with Crippen molar-refractivity contribution in [1.29, 1.82) is 0 Å². The topological polar surface area (TPSA) is 80.9 Å². The van der Waals surface area contributed by atoms with Crippen LogP contribution in [0.1, 0.15) is 25.0 Å². The van der Waals surface area contributed by atoms with Gasteiger partial charge in [-0.05, 0) is 25.0 Å². The van der Waals surface area contributed by atoms with E-state index in [-0.39, 0.29) is 12.8 Å². The first-order valence-corrected chi connectivity index (χ1v) is 5.13. The van der Waals surface area contributed by atoms with Gasteiger partial charge < -0.3 is 20.4 Å². The summed E-state index contributed by atoms with van der Waals surface area (Å²) in [5.41, 5.74) is 1.57. The summed E-state index contributed by atoms with van der Waals surface area (Å²) in [4.78, 5) is 0. The van der Waals surface area contributed by atoms with Crippen molar-refractivity contribution in [3.8, 4) is 0 Å². The molecule has 0 heterocycles. The Bertz CT molecular complexity index is 295. The zero-order valence-corrected chi connectivity index (χ0v) is 9.51. The van der Waals surface area contributed by atoms with Gasteiger partial charge in [0.1, 0.15) is 0 Å². The van der Waals surface area contributed by atoms with Gasteiger partial charge >= 0.3 is 0 Å². The first-order valence-electron chi connectivity index (χ1n) is 5.13. The van der Waals surface area contributed by atoms with Gasteiger partial charge in [0, 0.05) is 12.8 Å². The minimum atomic E-state index is -1.72. The summed E-state index contributed by atoms with van der Waals surface area (Å²) < 4.78 is 0. The second-order valence-electron chi connectivity index (χ2n) is 4.60. The summed E-state index contributed by atoms with van der Waals surface area (Å²) in [5, 5.41) is 36.8. The van der Waals surface area contributed by atoms with Crippen LogP contribution in [-0.2, 0) is 12.8 Å². The van der Waals surface area contributed by atoms with Crippen molar-refractivity contribution in [2.45, 2.75) is 38.3 Å². The van der Waals surface area contributed by atoms with Crippen molar-refractivity contribution in [3.05, 3.63) is 35.4 Å². The van der Waals surface area contributed by atoms with Gasteiger partial charge in [-0.15, -0.1) is 0 Å². The molecular weight excluding hydrogens is 208 g/mol. The fraction of sp³-hybridized carbons (Fsp3) is 0.500. The Morgan fingerprint density at radius 1 is 0.750 bits per heavy atom. The Hall–Kier alpha value is -0.940. The molecule has 0 bridgehead atoms. The van der Waals surface area contributed by atoms with E-state index < -0.39 is 11.6 Å². The number of rotatable bonds is 4. The van der Waals surface area contributed by atoms with E-state index in [0.717, 1.165) is 11.1 Å². The molecule has 0 saturated carbocycles. The first-order chi connectivity index (χ1) is 7.16. The molecule has 0 aliphatic rings. The Balaban J connectivity index is 2.69. The lowest BCUT2D eigenvalue weighted by Gasteiger charge is -2.17. The van der Waals surface area contributed by atoms with E-state index in [1.54, 1.807) is 24.3 Å². The summed E-state index contributed by atoms with van der Waals surface area (Å²) in [7, 11) is 0. The third kappa shape index (κ3) is 5.23. The molecule has 0 radical (unpaired) electrons. The zero-order valence-electron chi connectivity index (χ0n) is 9.51. The fourth-order valence-electron chi connectivity index (χ4n) is 1.55. The monoisotopic (exact) mass is 226 g/mol. The van der Waals surface area contributed by atoms with Crippen molar-refractivity contribution >= 4 is 0 Å². The molecule has 0 aromatic heterocycles. The third-order valence-corrected chi connectivity index (χ3v) is 2.10. The lowest BCUT2D eigenvalue weighted by Crippen LogP contribution is -2.26. The number of aliphatic hydroxyl groups is 4. The predicted octanol–water partition coefficient (Wildman–Crippen LogP) is 0.173. The van der Waals surface area contributed by atoms with Crippen molar-refractivity contribution in [2.24, 2.45) is 0 Å². The SMILES string of the molecule is CC(O)(O)Cc1ccc(CC(C)(O)O)cc1. The van der Waals surface area contributed by atoms with E-state index in [2.05, 4.69) is 0 Å². The van der Waals surface area contributed by atoms with Crippen LogP contribution in [0.3, 0.4) is 0 Å². The molecule has 4 N–H and O–H groups in total. The average Bonchev–Trinajstić information content (AvgIpc) is 2.03. The smallest absolute Gasteiger partial charge is 0.163 e. The second-order valence-corrected chi connectivity index (χ2v) is 4.60. The molecule has 1 aromatic rings. The van der Waals surface area contributed by atoms with Crippen LogP contribution in [0.5, 0.6) is 0 Å². The van der Waals surface area contributed by atoms with Crippen molar-refractivity contribution in [1.82, 2.24) is 0 Å². The Morgan fingerprint density at radius 2 is 1.00 bits per heavy atom. The normalized spacial score (nSPS) is 12.9. The molecule has 0 aliphatic carbocycles. The third-order valence-electron chi connectivity index (χ3n) is 2.10. The van der Waals surface area contributed by atoms with Gasteiger partial charge in [-0.3, -0.25) is 0 Å². The maximum atomic E-state index is 9.20. The molecule has 4 heteroatoms. The molecule has 1 rings (SSSR count). The molecule has 90 valence electrons. The van der Waals surface area contributed by atoms with Crippen LogP contribution < -0.4 is 0 Å². The minimum absolute atomic E-state index is 0.142. The van der Waals surface area contributed by atoms with Crippen LogP contribution in [0.25, 0.3) is 0 Å². The van der Waals surface area contributed by atoms with E-state index in [1.807, 2.05) is 0 Å². The molecule has 4 nitrogen and oxygen atoms in total. The molecule has 0 atom stereocenters. The van der Waals surface area contributed by atoms with E-state index in [4.69, 9.17) is 0 Å². The van der Waals surface area contributed by atoms with E-state index in [0.29, 0.717) is 0 Å².